The molecule has 3 heteroatoms. The lowest BCUT2D eigenvalue weighted by atomic mass is 10.0. The van der Waals surface area contributed by atoms with Crippen molar-refractivity contribution in [1.82, 2.24) is 0 Å². The summed E-state index contributed by atoms with van der Waals surface area (Å²) < 4.78 is 0. The van der Waals surface area contributed by atoms with Gasteiger partial charge in [0.2, 0.25) is 0 Å². The Morgan fingerprint density at radius 2 is 1.00 bits per heavy atom. The highest BCUT2D eigenvalue weighted by atomic mass is 15.0. The van der Waals surface area contributed by atoms with Gasteiger partial charge in [0.05, 0.1) is 11.4 Å². The van der Waals surface area contributed by atoms with Crippen LogP contribution in [0, 0.1) is 41.5 Å². The van der Waals surface area contributed by atoms with Gasteiger partial charge >= 0.3 is 0 Å². The zero-order valence-corrected chi connectivity index (χ0v) is 18.5. The first-order valence-electron chi connectivity index (χ1n) is 10.3. The normalized spacial score (nSPS) is 10.7. The number of nitrogens with one attached hydrogen (secondary N) is 3. The summed E-state index contributed by atoms with van der Waals surface area (Å²) in [4.78, 5) is 0. The Morgan fingerprint density at radius 1 is 0.552 bits per heavy atom. The van der Waals surface area contributed by atoms with Crippen molar-refractivity contribution in [2.24, 2.45) is 0 Å². The highest BCUT2D eigenvalue weighted by Crippen LogP contribution is 2.30. The largest absolute Gasteiger partial charge is 0.383 e. The summed E-state index contributed by atoms with van der Waals surface area (Å²) in [5, 5.41) is 10.8. The minimum absolute atomic E-state index is 0.845. The van der Waals surface area contributed by atoms with Crippen LogP contribution in [0.4, 0.5) is 22.7 Å². The van der Waals surface area contributed by atoms with E-state index >= 15 is 0 Å². The van der Waals surface area contributed by atoms with Crippen molar-refractivity contribution in [3.05, 3.63) is 81.9 Å². The molecular weight excluding hydrogens is 354 g/mol. The highest BCUT2D eigenvalue weighted by molar-refractivity contribution is 5.77. The maximum absolute atomic E-state index is 3.64. The van der Waals surface area contributed by atoms with Crippen LogP contribution >= 0.6 is 0 Å². The molecule has 3 nitrogen and oxygen atoms in total. The van der Waals surface area contributed by atoms with Gasteiger partial charge in [-0.25, -0.2) is 0 Å². The predicted octanol–water partition coefficient (Wildman–Crippen LogP) is 6.80. The number of aryl methyl sites for hydroxylation is 6. The first kappa shape index (κ1) is 20.8. The molecule has 0 heterocycles. The minimum atomic E-state index is 0.845. The summed E-state index contributed by atoms with van der Waals surface area (Å²) >= 11 is 0. The molecule has 0 fully saturated rings. The molecule has 0 aliphatic carbocycles. The van der Waals surface area contributed by atoms with Crippen LogP contribution in [0.3, 0.4) is 0 Å². The SMILES string of the molecule is Cc1cc(C)c(NCCNc2ccccc2Nc2c(C)cc(C)cc2C)c(C)c1. The third-order valence-corrected chi connectivity index (χ3v) is 5.28. The van der Waals surface area contributed by atoms with E-state index in [1.165, 1.54) is 44.8 Å². The third kappa shape index (κ3) is 5.11. The first-order valence-corrected chi connectivity index (χ1v) is 10.3. The van der Waals surface area contributed by atoms with Crippen LogP contribution in [0.25, 0.3) is 0 Å². The molecule has 152 valence electrons. The van der Waals surface area contributed by atoms with Gasteiger partial charge in [0.1, 0.15) is 0 Å². The molecule has 0 saturated carbocycles. The van der Waals surface area contributed by atoms with Crippen molar-refractivity contribution in [3.8, 4) is 0 Å². The van der Waals surface area contributed by atoms with E-state index in [0.717, 1.165) is 24.5 Å². The maximum atomic E-state index is 3.64. The van der Waals surface area contributed by atoms with Crippen LogP contribution in [0.5, 0.6) is 0 Å². The van der Waals surface area contributed by atoms with Crippen LogP contribution in [-0.2, 0) is 0 Å². The zero-order chi connectivity index (χ0) is 21.0. The fourth-order valence-electron chi connectivity index (χ4n) is 4.10. The molecule has 0 unspecified atom stereocenters. The maximum Gasteiger partial charge on any atom is 0.0620 e. The molecule has 0 aromatic heterocycles. The van der Waals surface area contributed by atoms with Crippen LogP contribution in [-0.4, -0.2) is 13.1 Å². The van der Waals surface area contributed by atoms with Crippen LogP contribution in [0.2, 0.25) is 0 Å². The van der Waals surface area contributed by atoms with Crippen molar-refractivity contribution < 1.29 is 0 Å². The fraction of sp³-hybridized carbons (Fsp3) is 0.308. The molecule has 0 saturated heterocycles. The van der Waals surface area contributed by atoms with Crippen molar-refractivity contribution in [2.75, 3.05) is 29.0 Å². The van der Waals surface area contributed by atoms with Gasteiger partial charge in [0.25, 0.3) is 0 Å². The summed E-state index contributed by atoms with van der Waals surface area (Å²) in [5.74, 6) is 0. The van der Waals surface area contributed by atoms with Gasteiger partial charge in [0.15, 0.2) is 0 Å². The van der Waals surface area contributed by atoms with Gasteiger partial charge in [-0.15, -0.1) is 0 Å². The number of hydrogen-bond donors (Lipinski definition) is 3. The Labute approximate surface area is 175 Å². The van der Waals surface area contributed by atoms with E-state index in [1.807, 2.05) is 0 Å². The Balaban J connectivity index is 1.66. The Bertz CT molecular complexity index is 959. The molecule has 0 spiro atoms. The molecule has 29 heavy (non-hydrogen) atoms. The van der Waals surface area contributed by atoms with Gasteiger partial charge in [-0.3, -0.25) is 0 Å². The van der Waals surface area contributed by atoms with E-state index in [-0.39, 0.29) is 0 Å². The average Bonchev–Trinajstić information content (AvgIpc) is 2.64. The van der Waals surface area contributed by atoms with E-state index in [9.17, 15) is 0 Å². The van der Waals surface area contributed by atoms with Crippen LogP contribution < -0.4 is 16.0 Å². The third-order valence-electron chi connectivity index (χ3n) is 5.28. The molecule has 0 amide bonds. The molecular formula is C26H33N3. The standard InChI is InChI=1S/C26H33N3/c1-17-13-19(3)25(20(4)14-17)28-12-11-27-23-9-7-8-10-24(23)29-26-21(5)15-18(2)16-22(26)6/h7-10,13-16,27-29H,11-12H2,1-6H3. The quantitative estimate of drug-likeness (QED) is 0.390. The van der Waals surface area contributed by atoms with Crippen LogP contribution in [0.15, 0.2) is 48.5 Å². The van der Waals surface area contributed by atoms with Crippen LogP contribution in [0.1, 0.15) is 33.4 Å². The molecule has 0 aliphatic rings. The van der Waals surface area contributed by atoms with Crippen molar-refractivity contribution in [3.63, 3.8) is 0 Å². The van der Waals surface area contributed by atoms with Gasteiger partial charge in [-0.1, -0.05) is 47.5 Å². The number of hydrogen-bond acceptors (Lipinski definition) is 3. The fourth-order valence-corrected chi connectivity index (χ4v) is 4.10. The monoisotopic (exact) mass is 387 g/mol. The van der Waals surface area contributed by atoms with E-state index in [0.29, 0.717) is 0 Å². The molecule has 0 radical (unpaired) electrons. The van der Waals surface area contributed by atoms with Crippen molar-refractivity contribution in [1.29, 1.82) is 0 Å². The Hall–Kier alpha value is -2.94. The Morgan fingerprint density at radius 3 is 1.55 bits per heavy atom. The van der Waals surface area contributed by atoms with Gasteiger partial charge in [-0.05, 0) is 75.9 Å². The summed E-state index contributed by atoms with van der Waals surface area (Å²) in [6.07, 6.45) is 0. The van der Waals surface area contributed by atoms with Gasteiger partial charge in [0, 0.05) is 24.5 Å². The summed E-state index contributed by atoms with van der Waals surface area (Å²) in [5.41, 5.74) is 12.4. The average molecular weight is 388 g/mol. The van der Waals surface area contributed by atoms with E-state index in [1.54, 1.807) is 0 Å². The lowest BCUT2D eigenvalue weighted by molar-refractivity contribution is 1.07. The molecule has 3 N–H and O–H groups in total. The second kappa shape index (κ2) is 9.04. The lowest BCUT2D eigenvalue weighted by Crippen LogP contribution is -2.15. The van der Waals surface area contributed by atoms with E-state index in [4.69, 9.17) is 0 Å². The topological polar surface area (TPSA) is 36.1 Å². The molecule has 3 aromatic rings. The van der Waals surface area contributed by atoms with Gasteiger partial charge < -0.3 is 16.0 Å². The summed E-state index contributed by atoms with van der Waals surface area (Å²) in [6.45, 7) is 14.7. The molecule has 3 rings (SSSR count). The van der Waals surface area contributed by atoms with Crippen molar-refractivity contribution >= 4 is 22.7 Å². The Kier molecular flexibility index (Phi) is 6.48. The zero-order valence-electron chi connectivity index (χ0n) is 18.5. The number of para-hydroxylation sites is 2. The number of benzene rings is 3. The van der Waals surface area contributed by atoms with Gasteiger partial charge in [-0.2, -0.15) is 0 Å². The first-order chi connectivity index (χ1) is 13.8. The molecule has 0 atom stereocenters. The summed E-state index contributed by atoms with van der Waals surface area (Å²) in [7, 11) is 0. The molecule has 0 aliphatic heterocycles. The molecule has 0 bridgehead atoms. The molecule has 3 aromatic carbocycles. The highest BCUT2D eigenvalue weighted by Gasteiger charge is 2.08. The van der Waals surface area contributed by atoms with E-state index in [2.05, 4.69) is 106 Å². The second-order valence-corrected chi connectivity index (χ2v) is 8.07. The number of anilines is 4. The minimum Gasteiger partial charge on any atom is -0.383 e. The smallest absolute Gasteiger partial charge is 0.0620 e. The van der Waals surface area contributed by atoms with Crippen molar-refractivity contribution in [2.45, 2.75) is 41.5 Å². The van der Waals surface area contributed by atoms with E-state index < -0.39 is 0 Å². The second-order valence-electron chi connectivity index (χ2n) is 8.07. The predicted molar refractivity (Wildman–Crippen MR) is 128 cm³/mol. The number of rotatable bonds is 7. The summed E-state index contributed by atoms with van der Waals surface area (Å²) in [6, 6.07) is 17.3. The lowest BCUT2D eigenvalue weighted by Gasteiger charge is -2.18.